The third-order valence-electron chi connectivity index (χ3n) is 8.64. The number of piperidine rings is 1. The van der Waals surface area contributed by atoms with Gasteiger partial charge in [-0.3, -0.25) is 4.79 Å². The van der Waals surface area contributed by atoms with E-state index in [1.165, 1.54) is 30.8 Å². The van der Waals surface area contributed by atoms with Crippen LogP contribution >= 0.6 is 0 Å². The molecule has 10 nitrogen and oxygen atoms in total. The van der Waals surface area contributed by atoms with Gasteiger partial charge in [0, 0.05) is 37.8 Å². The Morgan fingerprint density at radius 3 is 2.51 bits per heavy atom. The van der Waals surface area contributed by atoms with Gasteiger partial charge in [0.25, 0.3) is 5.91 Å². The van der Waals surface area contributed by atoms with E-state index >= 15 is 0 Å². The normalized spacial score (nSPS) is 25.7. The highest BCUT2D eigenvalue weighted by atomic mass is 32.2. The fraction of sp³-hybridized carbons (Fsp3) is 0.621. The summed E-state index contributed by atoms with van der Waals surface area (Å²) in [7, 11) is -3.15. The van der Waals surface area contributed by atoms with Gasteiger partial charge in [-0.05, 0) is 89.0 Å². The quantitative estimate of drug-likeness (QED) is 0.410. The first kappa shape index (κ1) is 29.7. The van der Waals surface area contributed by atoms with Crippen LogP contribution in [-0.4, -0.2) is 79.8 Å². The molecule has 2 aliphatic carbocycles. The number of amides is 1. The molecule has 5 rings (SSSR count). The third-order valence-corrected chi connectivity index (χ3v) is 9.40. The number of aromatic nitrogens is 2. The molecule has 1 amide bonds. The first-order chi connectivity index (χ1) is 19.5. The molecule has 2 unspecified atom stereocenters. The van der Waals surface area contributed by atoms with E-state index in [-0.39, 0.29) is 29.3 Å². The lowest BCUT2D eigenvalue weighted by Crippen LogP contribution is -2.39. The zero-order valence-corrected chi connectivity index (χ0v) is 25.0. The number of carbonyl (C=O) groups excluding carboxylic acids is 1. The summed E-state index contributed by atoms with van der Waals surface area (Å²) in [4.78, 5) is 25.8. The Morgan fingerprint density at radius 1 is 1.17 bits per heavy atom. The van der Waals surface area contributed by atoms with Crippen molar-refractivity contribution in [2.24, 2.45) is 17.8 Å². The van der Waals surface area contributed by atoms with Crippen LogP contribution in [-0.2, 0) is 10.0 Å². The topological polar surface area (TPSA) is 117 Å². The van der Waals surface area contributed by atoms with Crippen LogP contribution in [0.25, 0.3) is 0 Å². The summed E-state index contributed by atoms with van der Waals surface area (Å²) in [6, 6.07) is 4.49. The molecular formula is C29H41FN6O4S. The molecule has 2 atom stereocenters. The van der Waals surface area contributed by atoms with Gasteiger partial charge in [0.2, 0.25) is 10.0 Å². The van der Waals surface area contributed by atoms with Gasteiger partial charge in [-0.1, -0.05) is 0 Å². The Hall–Kier alpha value is -2.83. The molecule has 1 aliphatic heterocycles. The van der Waals surface area contributed by atoms with Gasteiger partial charge >= 0.3 is 0 Å². The second kappa shape index (κ2) is 12.2. The predicted molar refractivity (Wildman–Crippen MR) is 155 cm³/mol. The average Bonchev–Trinajstić information content (AvgIpc) is 3.37. The van der Waals surface area contributed by atoms with Crippen LogP contribution in [0.2, 0.25) is 0 Å². The number of halogens is 1. The van der Waals surface area contributed by atoms with Crippen molar-refractivity contribution >= 4 is 21.7 Å². The summed E-state index contributed by atoms with van der Waals surface area (Å²) in [5, 5.41) is 3.76. The molecule has 1 aromatic heterocycles. The molecule has 0 bridgehead atoms. The third kappa shape index (κ3) is 6.98. The van der Waals surface area contributed by atoms with E-state index < -0.39 is 15.8 Å². The van der Waals surface area contributed by atoms with Gasteiger partial charge in [-0.25, -0.2) is 27.5 Å². The highest BCUT2D eigenvalue weighted by molar-refractivity contribution is 7.88. The van der Waals surface area contributed by atoms with Crippen molar-refractivity contribution in [1.29, 1.82) is 0 Å². The second-order valence-electron chi connectivity index (χ2n) is 11.9. The summed E-state index contributed by atoms with van der Waals surface area (Å²) in [6.07, 6.45) is 8.13. The Labute approximate surface area is 242 Å². The molecule has 2 N–H and O–H groups in total. The maximum atomic E-state index is 14.2. The Bertz CT molecular complexity index is 1340. The van der Waals surface area contributed by atoms with Crippen molar-refractivity contribution < 1.29 is 22.3 Å². The number of nitrogens with zero attached hydrogens (tertiary/aromatic N) is 4. The fourth-order valence-corrected chi connectivity index (χ4v) is 7.33. The summed E-state index contributed by atoms with van der Waals surface area (Å²) < 4.78 is 46.1. The Morgan fingerprint density at radius 2 is 1.88 bits per heavy atom. The van der Waals surface area contributed by atoms with Gasteiger partial charge < -0.3 is 19.9 Å². The zero-order chi connectivity index (χ0) is 29.3. The minimum atomic E-state index is -3.15. The van der Waals surface area contributed by atoms with Crippen LogP contribution in [0.4, 0.5) is 10.2 Å². The summed E-state index contributed by atoms with van der Waals surface area (Å²) in [5.74, 6) is 2.21. The van der Waals surface area contributed by atoms with Crippen molar-refractivity contribution in [2.75, 3.05) is 37.3 Å². The van der Waals surface area contributed by atoms with Crippen molar-refractivity contribution in [2.45, 2.75) is 64.6 Å². The van der Waals surface area contributed by atoms with Crippen LogP contribution < -0.4 is 19.7 Å². The molecule has 2 aromatic rings. The van der Waals surface area contributed by atoms with Crippen LogP contribution in [0.15, 0.2) is 30.7 Å². The molecule has 224 valence electrons. The van der Waals surface area contributed by atoms with Crippen LogP contribution in [0.3, 0.4) is 0 Å². The molecule has 0 spiro atoms. The Kier molecular flexibility index (Phi) is 8.81. The lowest BCUT2D eigenvalue weighted by molar-refractivity contribution is 0.0713. The molecule has 41 heavy (non-hydrogen) atoms. The molecule has 3 fully saturated rings. The standard InChI is InChI=1S/C29H41FN6O4S/c1-5-36(18(2)3)29(37)22-12-20(30)8-11-25(22)40-26-14-31-17-33-28(26)35-15-23-24(16-35)27(23)32-13-19-6-9-21(10-7-19)34-41(4,38)39/h8,11-12,14,17-19,21,23-24,27,32,34H,5-7,9-10,13,15-16H2,1-4H3. The van der Waals surface area contributed by atoms with Crippen molar-refractivity contribution in [3.8, 4) is 11.5 Å². The lowest BCUT2D eigenvalue weighted by Gasteiger charge is -2.29. The number of benzene rings is 1. The smallest absolute Gasteiger partial charge is 0.257 e. The zero-order valence-electron chi connectivity index (χ0n) is 24.2. The fourth-order valence-electron chi connectivity index (χ4n) is 6.49. The molecule has 0 radical (unpaired) electrons. The monoisotopic (exact) mass is 588 g/mol. The number of hydrogen-bond donors (Lipinski definition) is 2. The van der Waals surface area contributed by atoms with E-state index in [1.54, 1.807) is 11.1 Å². The van der Waals surface area contributed by atoms with Crippen molar-refractivity contribution in [1.82, 2.24) is 24.9 Å². The van der Waals surface area contributed by atoms with Gasteiger partial charge in [0.15, 0.2) is 11.6 Å². The maximum absolute atomic E-state index is 14.2. The van der Waals surface area contributed by atoms with E-state index in [2.05, 4.69) is 24.9 Å². The highest BCUT2D eigenvalue weighted by Crippen LogP contribution is 2.48. The molecular weight excluding hydrogens is 547 g/mol. The van der Waals surface area contributed by atoms with Crippen molar-refractivity contribution in [3.05, 3.63) is 42.1 Å². The average molecular weight is 589 g/mol. The van der Waals surface area contributed by atoms with Crippen LogP contribution in [0.1, 0.15) is 56.8 Å². The largest absolute Gasteiger partial charge is 0.451 e. The summed E-state index contributed by atoms with van der Waals surface area (Å²) in [5.41, 5.74) is 0.171. The molecule has 12 heteroatoms. The van der Waals surface area contributed by atoms with Gasteiger partial charge in [0.1, 0.15) is 17.9 Å². The number of rotatable bonds is 11. The minimum absolute atomic E-state index is 0.0379. The number of fused-ring (bicyclic) bond motifs is 1. The molecule has 1 aromatic carbocycles. The summed E-state index contributed by atoms with van der Waals surface area (Å²) in [6.45, 7) is 8.88. The summed E-state index contributed by atoms with van der Waals surface area (Å²) >= 11 is 0. The highest BCUT2D eigenvalue weighted by Gasteiger charge is 2.56. The van der Waals surface area contributed by atoms with E-state index in [0.717, 1.165) is 45.3 Å². The minimum Gasteiger partial charge on any atom is -0.451 e. The number of hydrogen-bond acceptors (Lipinski definition) is 8. The molecule has 2 saturated carbocycles. The first-order valence-electron chi connectivity index (χ1n) is 14.6. The SMILES string of the molecule is CCN(C(=O)c1cc(F)ccc1Oc1cncnc1N1CC2C(C1)C2NCC1CCC(NS(C)(=O)=O)CC1)C(C)C. The lowest BCUT2D eigenvalue weighted by atomic mass is 9.86. The van der Waals surface area contributed by atoms with E-state index in [4.69, 9.17) is 4.74 Å². The van der Waals surface area contributed by atoms with Crippen LogP contribution in [0, 0.1) is 23.6 Å². The number of carbonyl (C=O) groups is 1. The van der Waals surface area contributed by atoms with Crippen LogP contribution in [0.5, 0.6) is 11.5 Å². The molecule has 2 heterocycles. The number of sulfonamides is 1. The molecule has 1 saturated heterocycles. The second-order valence-corrected chi connectivity index (χ2v) is 13.7. The predicted octanol–water partition coefficient (Wildman–Crippen LogP) is 3.41. The number of nitrogens with one attached hydrogen (secondary N) is 2. The molecule has 3 aliphatic rings. The van der Waals surface area contributed by atoms with E-state index in [0.29, 0.717) is 41.9 Å². The maximum Gasteiger partial charge on any atom is 0.257 e. The number of ether oxygens (including phenoxy) is 1. The van der Waals surface area contributed by atoms with Gasteiger partial charge in [0.05, 0.1) is 18.0 Å². The Balaban J connectivity index is 1.18. The first-order valence-corrected chi connectivity index (χ1v) is 16.5. The number of anilines is 1. The van der Waals surface area contributed by atoms with Gasteiger partial charge in [-0.15, -0.1) is 0 Å². The van der Waals surface area contributed by atoms with Crippen molar-refractivity contribution in [3.63, 3.8) is 0 Å². The van der Waals surface area contributed by atoms with E-state index in [9.17, 15) is 17.6 Å². The van der Waals surface area contributed by atoms with Gasteiger partial charge in [-0.2, -0.15) is 0 Å². The van der Waals surface area contributed by atoms with E-state index in [1.807, 2.05) is 20.8 Å².